The van der Waals surface area contributed by atoms with Crippen molar-refractivity contribution in [2.45, 2.75) is 40.0 Å². The van der Waals surface area contributed by atoms with Gasteiger partial charge in [0.25, 0.3) is 11.8 Å². The van der Waals surface area contributed by atoms with E-state index in [4.69, 9.17) is 0 Å². The van der Waals surface area contributed by atoms with Crippen LogP contribution in [0.5, 0.6) is 0 Å². The second kappa shape index (κ2) is 8.33. The number of aromatic nitrogens is 1. The molecular formula is C22H27N3O2. The minimum atomic E-state index is -0.242. The van der Waals surface area contributed by atoms with Gasteiger partial charge in [0, 0.05) is 31.2 Å². The summed E-state index contributed by atoms with van der Waals surface area (Å²) in [5.74, 6) is 0.369. The van der Waals surface area contributed by atoms with Crippen molar-refractivity contribution in [3.05, 3.63) is 58.9 Å². The van der Waals surface area contributed by atoms with E-state index >= 15 is 0 Å². The molecule has 2 aromatic rings. The van der Waals surface area contributed by atoms with Gasteiger partial charge >= 0.3 is 0 Å². The molecule has 5 heteroatoms. The summed E-state index contributed by atoms with van der Waals surface area (Å²) in [5.41, 5.74) is 3.82. The molecule has 0 unspecified atom stereocenters. The maximum atomic E-state index is 12.8. The summed E-state index contributed by atoms with van der Waals surface area (Å²) in [6.07, 6.45) is 5.93. The number of piperidine rings is 1. The Bertz CT molecular complexity index is 839. The molecule has 0 saturated carbocycles. The number of para-hydroxylation sites is 1. The number of nitrogens with zero attached hydrogens (tertiary/aromatic N) is 2. The lowest BCUT2D eigenvalue weighted by atomic mass is 9.98. The van der Waals surface area contributed by atoms with Gasteiger partial charge in [-0.1, -0.05) is 32.0 Å². The van der Waals surface area contributed by atoms with Gasteiger partial charge in [-0.3, -0.25) is 14.6 Å². The van der Waals surface area contributed by atoms with Crippen molar-refractivity contribution in [1.29, 1.82) is 0 Å². The Morgan fingerprint density at radius 3 is 2.59 bits per heavy atom. The van der Waals surface area contributed by atoms with Gasteiger partial charge in [-0.15, -0.1) is 0 Å². The Morgan fingerprint density at radius 2 is 1.89 bits per heavy atom. The lowest BCUT2D eigenvalue weighted by Gasteiger charge is -2.30. The first kappa shape index (κ1) is 19.1. The Hall–Kier alpha value is -2.69. The predicted molar refractivity (Wildman–Crippen MR) is 107 cm³/mol. The van der Waals surface area contributed by atoms with Crippen LogP contribution in [0.2, 0.25) is 0 Å². The molecular weight excluding hydrogens is 338 g/mol. The van der Waals surface area contributed by atoms with Gasteiger partial charge in [-0.25, -0.2) is 0 Å². The standard InChI is InChI=1S/C22H27N3O2/c1-4-17-7-5-6-16(3)20(17)24-21(26)18-12-19(14-23-13-18)22(27)25-10-8-15(2)9-11-25/h5-7,12-15H,4,8-11H2,1-3H3,(H,24,26). The van der Waals surface area contributed by atoms with Crippen molar-refractivity contribution in [3.63, 3.8) is 0 Å². The number of nitrogens with one attached hydrogen (secondary N) is 1. The smallest absolute Gasteiger partial charge is 0.257 e. The van der Waals surface area contributed by atoms with Crippen LogP contribution in [0.25, 0.3) is 0 Å². The zero-order valence-corrected chi connectivity index (χ0v) is 16.3. The first-order chi connectivity index (χ1) is 13.0. The summed E-state index contributed by atoms with van der Waals surface area (Å²) in [4.78, 5) is 31.5. The van der Waals surface area contributed by atoms with E-state index in [2.05, 4.69) is 24.1 Å². The number of anilines is 1. The Morgan fingerprint density at radius 1 is 1.19 bits per heavy atom. The summed E-state index contributed by atoms with van der Waals surface area (Å²) in [7, 11) is 0. The molecule has 1 fully saturated rings. The number of rotatable bonds is 4. The van der Waals surface area contributed by atoms with Crippen LogP contribution in [0.3, 0.4) is 0 Å². The van der Waals surface area contributed by atoms with E-state index in [0.717, 1.165) is 49.2 Å². The molecule has 0 bridgehead atoms. The monoisotopic (exact) mass is 365 g/mol. The van der Waals surface area contributed by atoms with Gasteiger partial charge in [0.05, 0.1) is 11.1 Å². The average molecular weight is 365 g/mol. The third-order valence-electron chi connectivity index (χ3n) is 5.30. The van der Waals surface area contributed by atoms with Gasteiger partial charge in [0.2, 0.25) is 0 Å². The molecule has 1 aromatic carbocycles. The van der Waals surface area contributed by atoms with Gasteiger partial charge in [-0.05, 0) is 49.3 Å². The van der Waals surface area contributed by atoms with E-state index in [0.29, 0.717) is 17.0 Å². The number of likely N-dealkylation sites (tertiary alicyclic amines) is 1. The fourth-order valence-electron chi connectivity index (χ4n) is 3.46. The number of carbonyl (C=O) groups is 2. The van der Waals surface area contributed by atoms with Crippen molar-refractivity contribution in [2.75, 3.05) is 18.4 Å². The highest BCUT2D eigenvalue weighted by atomic mass is 16.2. The fourth-order valence-corrected chi connectivity index (χ4v) is 3.46. The first-order valence-electron chi connectivity index (χ1n) is 9.63. The Labute approximate surface area is 160 Å². The van der Waals surface area contributed by atoms with Crippen LogP contribution in [-0.2, 0) is 6.42 Å². The molecule has 1 aliphatic rings. The number of aryl methyl sites for hydroxylation is 2. The van der Waals surface area contributed by atoms with Gasteiger partial charge in [0.1, 0.15) is 0 Å². The molecule has 142 valence electrons. The second-order valence-corrected chi connectivity index (χ2v) is 7.35. The lowest BCUT2D eigenvalue weighted by Crippen LogP contribution is -2.38. The molecule has 27 heavy (non-hydrogen) atoms. The van der Waals surface area contributed by atoms with Crippen LogP contribution in [0.15, 0.2) is 36.7 Å². The first-order valence-corrected chi connectivity index (χ1v) is 9.63. The van der Waals surface area contributed by atoms with Crippen molar-refractivity contribution >= 4 is 17.5 Å². The van der Waals surface area contributed by atoms with Crippen molar-refractivity contribution < 1.29 is 9.59 Å². The molecule has 2 heterocycles. The molecule has 0 aliphatic carbocycles. The number of benzene rings is 1. The Kier molecular flexibility index (Phi) is 5.89. The fraction of sp³-hybridized carbons (Fsp3) is 0.409. The van der Waals surface area contributed by atoms with Crippen LogP contribution in [-0.4, -0.2) is 34.8 Å². The highest BCUT2D eigenvalue weighted by Gasteiger charge is 2.22. The zero-order valence-electron chi connectivity index (χ0n) is 16.3. The molecule has 5 nitrogen and oxygen atoms in total. The second-order valence-electron chi connectivity index (χ2n) is 7.35. The summed E-state index contributed by atoms with van der Waals surface area (Å²) in [6, 6.07) is 7.62. The van der Waals surface area contributed by atoms with E-state index in [1.54, 1.807) is 12.3 Å². The molecule has 1 saturated heterocycles. The van der Waals surface area contributed by atoms with Crippen molar-refractivity contribution in [3.8, 4) is 0 Å². The van der Waals surface area contributed by atoms with E-state index in [-0.39, 0.29) is 11.8 Å². The normalized spacial score (nSPS) is 14.9. The van der Waals surface area contributed by atoms with Crippen LogP contribution >= 0.6 is 0 Å². The minimum absolute atomic E-state index is 0.0470. The quantitative estimate of drug-likeness (QED) is 0.888. The number of hydrogen-bond acceptors (Lipinski definition) is 3. The summed E-state index contributed by atoms with van der Waals surface area (Å²) < 4.78 is 0. The number of carbonyl (C=O) groups excluding carboxylic acids is 2. The summed E-state index contributed by atoms with van der Waals surface area (Å²) in [5, 5.41) is 2.99. The van der Waals surface area contributed by atoms with Crippen LogP contribution in [0, 0.1) is 12.8 Å². The van der Waals surface area contributed by atoms with E-state index in [9.17, 15) is 9.59 Å². The van der Waals surface area contributed by atoms with Gasteiger partial charge in [-0.2, -0.15) is 0 Å². The third-order valence-corrected chi connectivity index (χ3v) is 5.30. The summed E-state index contributed by atoms with van der Waals surface area (Å²) in [6.45, 7) is 7.78. The van der Waals surface area contributed by atoms with Crippen molar-refractivity contribution in [1.82, 2.24) is 9.88 Å². The lowest BCUT2D eigenvalue weighted by molar-refractivity contribution is 0.0697. The van der Waals surface area contributed by atoms with Gasteiger partial charge < -0.3 is 10.2 Å². The molecule has 1 aliphatic heterocycles. The molecule has 0 spiro atoms. The average Bonchev–Trinajstić information content (AvgIpc) is 2.69. The number of hydrogen-bond donors (Lipinski definition) is 1. The van der Waals surface area contributed by atoms with E-state index in [1.807, 2.05) is 30.0 Å². The number of pyridine rings is 1. The molecule has 2 amide bonds. The SMILES string of the molecule is CCc1cccc(C)c1NC(=O)c1cncc(C(=O)N2CCC(C)CC2)c1. The largest absolute Gasteiger partial charge is 0.339 e. The molecule has 0 atom stereocenters. The van der Waals surface area contributed by atoms with Crippen LogP contribution in [0.1, 0.15) is 58.5 Å². The van der Waals surface area contributed by atoms with Crippen molar-refractivity contribution in [2.24, 2.45) is 5.92 Å². The molecule has 0 radical (unpaired) electrons. The van der Waals surface area contributed by atoms with Crippen LogP contribution in [0.4, 0.5) is 5.69 Å². The van der Waals surface area contributed by atoms with Gasteiger partial charge in [0.15, 0.2) is 0 Å². The van der Waals surface area contributed by atoms with E-state index in [1.165, 1.54) is 6.20 Å². The maximum absolute atomic E-state index is 12.8. The summed E-state index contributed by atoms with van der Waals surface area (Å²) >= 11 is 0. The minimum Gasteiger partial charge on any atom is -0.339 e. The third kappa shape index (κ3) is 4.35. The molecule has 3 rings (SSSR count). The molecule has 1 aromatic heterocycles. The topological polar surface area (TPSA) is 62.3 Å². The Balaban J connectivity index is 1.77. The highest BCUT2D eigenvalue weighted by molar-refractivity contribution is 6.06. The maximum Gasteiger partial charge on any atom is 0.257 e. The van der Waals surface area contributed by atoms with Crippen LogP contribution < -0.4 is 5.32 Å². The highest BCUT2D eigenvalue weighted by Crippen LogP contribution is 2.22. The van der Waals surface area contributed by atoms with E-state index < -0.39 is 0 Å². The molecule has 1 N–H and O–H groups in total. The predicted octanol–water partition coefficient (Wildman–Crippen LogP) is 4.08. The number of amides is 2. The zero-order chi connectivity index (χ0) is 19.4.